The maximum Gasteiger partial charge on any atom is 0.162 e. The lowest BCUT2D eigenvalue weighted by atomic mass is 9.91. The largest absolute Gasteiger partial charge is 0.373 e. The summed E-state index contributed by atoms with van der Waals surface area (Å²) >= 11 is 3.49. The van der Waals surface area contributed by atoms with E-state index in [4.69, 9.17) is 4.98 Å². The first kappa shape index (κ1) is 15.0. The summed E-state index contributed by atoms with van der Waals surface area (Å²) < 4.78 is 1.07. The van der Waals surface area contributed by atoms with Crippen molar-refractivity contribution in [3.63, 3.8) is 0 Å². The zero-order valence-corrected chi connectivity index (χ0v) is 14.2. The molecule has 0 saturated carbocycles. The first-order chi connectivity index (χ1) is 9.31. The van der Waals surface area contributed by atoms with Gasteiger partial charge in [0.25, 0.3) is 0 Å². The SMILES string of the molecule is CNc1cc(C(C)(C)C)nc(-c2ccc(Br)cc2C)n1. The smallest absolute Gasteiger partial charge is 0.162 e. The molecule has 1 heterocycles. The monoisotopic (exact) mass is 333 g/mol. The molecule has 1 N–H and O–H groups in total. The van der Waals surface area contributed by atoms with Crippen molar-refractivity contribution in [1.29, 1.82) is 0 Å². The Labute approximate surface area is 129 Å². The van der Waals surface area contributed by atoms with Crippen molar-refractivity contribution in [3.8, 4) is 11.4 Å². The van der Waals surface area contributed by atoms with Gasteiger partial charge in [0.1, 0.15) is 5.82 Å². The molecular formula is C16H20BrN3. The van der Waals surface area contributed by atoms with E-state index in [-0.39, 0.29) is 5.41 Å². The van der Waals surface area contributed by atoms with E-state index in [1.807, 2.05) is 19.2 Å². The molecule has 0 aliphatic carbocycles. The van der Waals surface area contributed by atoms with Gasteiger partial charge >= 0.3 is 0 Å². The predicted molar refractivity (Wildman–Crippen MR) is 88.2 cm³/mol. The summed E-state index contributed by atoms with van der Waals surface area (Å²) in [5.41, 5.74) is 3.25. The van der Waals surface area contributed by atoms with Crippen LogP contribution in [0.1, 0.15) is 32.0 Å². The molecule has 0 atom stereocenters. The topological polar surface area (TPSA) is 37.8 Å². The fraction of sp³-hybridized carbons (Fsp3) is 0.375. The lowest BCUT2D eigenvalue weighted by molar-refractivity contribution is 0.568. The van der Waals surface area contributed by atoms with E-state index < -0.39 is 0 Å². The quantitative estimate of drug-likeness (QED) is 0.875. The Kier molecular flexibility index (Phi) is 4.14. The number of anilines is 1. The number of benzene rings is 1. The van der Waals surface area contributed by atoms with Gasteiger partial charge in [0.05, 0.1) is 5.69 Å². The van der Waals surface area contributed by atoms with E-state index in [9.17, 15) is 0 Å². The molecule has 0 fully saturated rings. The Morgan fingerprint density at radius 1 is 1.10 bits per heavy atom. The second kappa shape index (κ2) is 5.52. The van der Waals surface area contributed by atoms with Gasteiger partial charge in [-0.15, -0.1) is 0 Å². The minimum Gasteiger partial charge on any atom is -0.373 e. The Morgan fingerprint density at radius 2 is 1.80 bits per heavy atom. The van der Waals surface area contributed by atoms with Crippen molar-refractivity contribution >= 4 is 21.7 Å². The summed E-state index contributed by atoms with van der Waals surface area (Å²) in [6.45, 7) is 8.55. The van der Waals surface area contributed by atoms with Crippen LogP contribution < -0.4 is 5.32 Å². The van der Waals surface area contributed by atoms with Crippen molar-refractivity contribution in [3.05, 3.63) is 40.0 Å². The van der Waals surface area contributed by atoms with Crippen molar-refractivity contribution in [2.45, 2.75) is 33.1 Å². The van der Waals surface area contributed by atoms with Crippen LogP contribution >= 0.6 is 15.9 Å². The molecule has 1 aromatic heterocycles. The van der Waals surface area contributed by atoms with E-state index in [1.54, 1.807) is 0 Å². The molecule has 0 aliphatic heterocycles. The van der Waals surface area contributed by atoms with E-state index in [1.165, 1.54) is 0 Å². The average molecular weight is 334 g/mol. The summed E-state index contributed by atoms with van der Waals surface area (Å²) in [6.07, 6.45) is 0. The lowest BCUT2D eigenvalue weighted by Crippen LogP contribution is -2.15. The Balaban J connectivity index is 2.61. The summed E-state index contributed by atoms with van der Waals surface area (Å²) in [7, 11) is 1.88. The van der Waals surface area contributed by atoms with Gasteiger partial charge in [-0.3, -0.25) is 0 Å². The molecule has 20 heavy (non-hydrogen) atoms. The molecule has 0 bridgehead atoms. The summed E-state index contributed by atoms with van der Waals surface area (Å²) in [6, 6.07) is 8.17. The highest BCUT2D eigenvalue weighted by molar-refractivity contribution is 9.10. The van der Waals surface area contributed by atoms with Crippen molar-refractivity contribution < 1.29 is 0 Å². The number of aryl methyl sites for hydroxylation is 1. The number of hydrogen-bond donors (Lipinski definition) is 1. The molecule has 4 heteroatoms. The highest BCUT2D eigenvalue weighted by atomic mass is 79.9. The maximum atomic E-state index is 4.75. The number of aromatic nitrogens is 2. The first-order valence-corrected chi connectivity index (χ1v) is 7.44. The molecule has 106 valence electrons. The molecule has 2 aromatic rings. The van der Waals surface area contributed by atoms with Crippen molar-refractivity contribution in [1.82, 2.24) is 9.97 Å². The van der Waals surface area contributed by atoms with Crippen LogP contribution in [0.15, 0.2) is 28.7 Å². The lowest BCUT2D eigenvalue weighted by Gasteiger charge is -2.19. The molecule has 0 radical (unpaired) electrons. The molecular weight excluding hydrogens is 314 g/mol. The average Bonchev–Trinajstić information content (AvgIpc) is 2.37. The fourth-order valence-corrected chi connectivity index (χ4v) is 2.43. The number of nitrogens with zero attached hydrogens (tertiary/aromatic N) is 2. The third-order valence-corrected chi connectivity index (χ3v) is 3.67. The molecule has 0 saturated heterocycles. The third kappa shape index (κ3) is 3.18. The van der Waals surface area contributed by atoms with Gasteiger partial charge in [-0.25, -0.2) is 9.97 Å². The molecule has 0 spiro atoms. The molecule has 1 aromatic carbocycles. The van der Waals surface area contributed by atoms with E-state index in [2.05, 4.69) is 66.1 Å². The Hall–Kier alpha value is -1.42. The molecule has 3 nitrogen and oxygen atoms in total. The van der Waals surface area contributed by atoms with Crippen LogP contribution in [0.4, 0.5) is 5.82 Å². The van der Waals surface area contributed by atoms with Crippen LogP contribution in [0.25, 0.3) is 11.4 Å². The summed E-state index contributed by atoms with van der Waals surface area (Å²) in [5.74, 6) is 1.62. The van der Waals surface area contributed by atoms with Gasteiger partial charge < -0.3 is 5.32 Å². The van der Waals surface area contributed by atoms with Gasteiger partial charge in [0, 0.05) is 28.6 Å². The van der Waals surface area contributed by atoms with Gasteiger partial charge in [0.2, 0.25) is 0 Å². The zero-order chi connectivity index (χ0) is 14.9. The third-order valence-electron chi connectivity index (χ3n) is 3.18. The number of hydrogen-bond acceptors (Lipinski definition) is 3. The zero-order valence-electron chi connectivity index (χ0n) is 12.6. The predicted octanol–water partition coefficient (Wildman–Crippen LogP) is 4.55. The van der Waals surface area contributed by atoms with E-state index >= 15 is 0 Å². The van der Waals surface area contributed by atoms with Crippen LogP contribution in [0.2, 0.25) is 0 Å². The minimum atomic E-state index is -0.00738. The summed E-state index contributed by atoms with van der Waals surface area (Å²) in [4.78, 5) is 9.34. The molecule has 0 aliphatic rings. The standard InChI is InChI=1S/C16H20BrN3/c1-10-8-11(17)6-7-12(10)15-19-13(16(2,3)4)9-14(18-5)20-15/h6-9H,1-5H3,(H,18,19,20). The molecule has 0 amide bonds. The van der Waals surface area contributed by atoms with Crippen molar-refractivity contribution in [2.24, 2.45) is 0 Å². The highest BCUT2D eigenvalue weighted by Crippen LogP contribution is 2.28. The normalized spacial score (nSPS) is 11.5. The van der Waals surface area contributed by atoms with Crippen LogP contribution in [0.3, 0.4) is 0 Å². The molecule has 2 rings (SSSR count). The first-order valence-electron chi connectivity index (χ1n) is 6.65. The summed E-state index contributed by atoms with van der Waals surface area (Å²) in [5, 5.41) is 3.12. The minimum absolute atomic E-state index is 0.00738. The highest BCUT2D eigenvalue weighted by Gasteiger charge is 2.18. The number of halogens is 1. The second-order valence-electron chi connectivity index (χ2n) is 5.92. The van der Waals surface area contributed by atoms with Gasteiger partial charge in [-0.2, -0.15) is 0 Å². The number of nitrogens with one attached hydrogen (secondary N) is 1. The second-order valence-corrected chi connectivity index (χ2v) is 6.84. The molecule has 0 unspecified atom stereocenters. The van der Waals surface area contributed by atoms with Gasteiger partial charge in [-0.1, -0.05) is 36.7 Å². The fourth-order valence-electron chi connectivity index (χ4n) is 1.96. The van der Waals surface area contributed by atoms with Crippen molar-refractivity contribution in [2.75, 3.05) is 12.4 Å². The van der Waals surface area contributed by atoms with Crippen LogP contribution in [-0.2, 0) is 5.41 Å². The van der Waals surface area contributed by atoms with Crippen LogP contribution in [-0.4, -0.2) is 17.0 Å². The van der Waals surface area contributed by atoms with E-state index in [0.717, 1.165) is 32.9 Å². The number of rotatable bonds is 2. The van der Waals surface area contributed by atoms with Gasteiger partial charge in [-0.05, 0) is 30.7 Å². The van der Waals surface area contributed by atoms with Gasteiger partial charge in [0.15, 0.2) is 5.82 Å². The van der Waals surface area contributed by atoms with E-state index in [0.29, 0.717) is 0 Å². The van der Waals surface area contributed by atoms with Crippen LogP contribution in [0, 0.1) is 6.92 Å². The Bertz CT molecular complexity index is 630. The Morgan fingerprint density at radius 3 is 2.35 bits per heavy atom. The van der Waals surface area contributed by atoms with Crippen LogP contribution in [0.5, 0.6) is 0 Å². The maximum absolute atomic E-state index is 4.75.